The highest BCUT2D eigenvalue weighted by Crippen LogP contribution is 2.28. The van der Waals surface area contributed by atoms with Gasteiger partial charge in [0.1, 0.15) is 5.82 Å². The van der Waals surface area contributed by atoms with Crippen LogP contribution in [0.1, 0.15) is 33.3 Å². The Morgan fingerprint density at radius 3 is 2.20 bits per heavy atom. The molecule has 3 rings (SSSR count). The van der Waals surface area contributed by atoms with E-state index in [1.807, 2.05) is 6.92 Å². The van der Waals surface area contributed by atoms with E-state index in [9.17, 15) is 9.59 Å². The van der Waals surface area contributed by atoms with Gasteiger partial charge in [-0.3, -0.25) is 9.59 Å². The van der Waals surface area contributed by atoms with Gasteiger partial charge in [-0.25, -0.2) is 9.88 Å². The van der Waals surface area contributed by atoms with Crippen LogP contribution in [0.25, 0.3) is 0 Å². The Bertz CT molecular complexity index is 693. The zero-order chi connectivity index (χ0) is 14.3. The van der Waals surface area contributed by atoms with Crippen molar-refractivity contribution in [3.05, 3.63) is 58.2 Å². The van der Waals surface area contributed by atoms with Gasteiger partial charge in [0.2, 0.25) is 0 Å². The first-order chi connectivity index (χ1) is 9.63. The second-order valence-electron chi connectivity index (χ2n) is 4.44. The molecule has 0 atom stereocenters. The van der Waals surface area contributed by atoms with Crippen LogP contribution >= 0.6 is 11.6 Å². The summed E-state index contributed by atoms with van der Waals surface area (Å²) in [7, 11) is 0. The summed E-state index contributed by atoms with van der Waals surface area (Å²) in [6.45, 7) is 1.92. The van der Waals surface area contributed by atoms with Crippen molar-refractivity contribution in [2.24, 2.45) is 0 Å². The van der Waals surface area contributed by atoms with Crippen molar-refractivity contribution in [1.29, 1.82) is 0 Å². The molecule has 1 aliphatic heterocycles. The van der Waals surface area contributed by atoms with Crippen LogP contribution in [-0.4, -0.2) is 16.8 Å². The molecule has 0 saturated carbocycles. The number of hydrogen-bond acceptors (Lipinski definition) is 3. The number of imide groups is 1. The number of aromatic nitrogens is 1. The number of fused-ring (bicyclic) bond motifs is 1. The van der Waals surface area contributed by atoms with Gasteiger partial charge in [-0.15, -0.1) is 0 Å². The minimum atomic E-state index is -0.345. The molecule has 0 unspecified atom stereocenters. The number of halogens is 1. The number of benzene rings is 1. The van der Waals surface area contributed by atoms with Gasteiger partial charge >= 0.3 is 0 Å². The van der Waals surface area contributed by atoms with Crippen molar-refractivity contribution in [2.45, 2.75) is 13.3 Å². The summed E-state index contributed by atoms with van der Waals surface area (Å²) >= 11 is 6.01. The van der Waals surface area contributed by atoms with Gasteiger partial charge in [0.25, 0.3) is 11.8 Å². The summed E-state index contributed by atoms with van der Waals surface area (Å²) in [5.41, 5.74) is 1.49. The molecule has 0 N–H and O–H groups in total. The van der Waals surface area contributed by atoms with E-state index in [0.29, 0.717) is 34.1 Å². The molecule has 1 aromatic carbocycles. The number of rotatable bonds is 2. The molecule has 2 heterocycles. The second-order valence-corrected chi connectivity index (χ2v) is 4.85. The zero-order valence-electron chi connectivity index (χ0n) is 10.8. The molecule has 2 aromatic rings. The second kappa shape index (κ2) is 4.72. The quantitative estimate of drug-likeness (QED) is 0.797. The molecule has 0 spiro atoms. The molecule has 0 fully saturated rings. The molecular weight excluding hydrogens is 276 g/mol. The Labute approximate surface area is 121 Å². The maximum Gasteiger partial charge on any atom is 0.267 e. The van der Waals surface area contributed by atoms with E-state index in [0.717, 1.165) is 4.90 Å². The van der Waals surface area contributed by atoms with Gasteiger partial charge in [-0.1, -0.05) is 30.7 Å². The molecule has 5 heteroatoms. The zero-order valence-corrected chi connectivity index (χ0v) is 11.5. The highest BCUT2D eigenvalue weighted by Gasteiger charge is 2.37. The summed E-state index contributed by atoms with van der Waals surface area (Å²) < 4.78 is 0. The molecule has 0 radical (unpaired) electrons. The van der Waals surface area contributed by atoms with E-state index in [1.54, 1.807) is 36.4 Å². The third-order valence-corrected chi connectivity index (χ3v) is 3.61. The number of anilines is 1. The summed E-state index contributed by atoms with van der Waals surface area (Å²) in [5, 5.41) is 0.535. The van der Waals surface area contributed by atoms with Gasteiger partial charge in [-0.05, 0) is 30.7 Å². The van der Waals surface area contributed by atoms with E-state index < -0.39 is 0 Å². The molecule has 2 amide bonds. The molecule has 100 valence electrons. The van der Waals surface area contributed by atoms with Crippen LogP contribution in [0.3, 0.4) is 0 Å². The highest BCUT2D eigenvalue weighted by atomic mass is 35.5. The van der Waals surface area contributed by atoms with Crippen LogP contribution < -0.4 is 4.90 Å². The highest BCUT2D eigenvalue weighted by molar-refractivity contribution is 6.34. The first-order valence-electron chi connectivity index (χ1n) is 6.26. The van der Waals surface area contributed by atoms with Gasteiger partial charge < -0.3 is 0 Å². The number of aryl methyl sites for hydroxylation is 1. The number of amides is 2. The van der Waals surface area contributed by atoms with Gasteiger partial charge in [0.05, 0.1) is 21.8 Å². The normalized spacial score (nSPS) is 13.8. The Hall–Kier alpha value is -2.20. The Kier molecular flexibility index (Phi) is 3.03. The number of pyridine rings is 1. The van der Waals surface area contributed by atoms with Crippen LogP contribution in [-0.2, 0) is 6.42 Å². The smallest absolute Gasteiger partial charge is 0.267 e. The summed E-state index contributed by atoms with van der Waals surface area (Å²) in [5.74, 6) is -0.373. The fraction of sp³-hybridized carbons (Fsp3) is 0.133. The van der Waals surface area contributed by atoms with Crippen LogP contribution in [0.2, 0.25) is 5.02 Å². The number of carbonyl (C=O) groups excluding carboxylic acids is 2. The Morgan fingerprint density at radius 1 is 1.05 bits per heavy atom. The molecule has 1 aromatic heterocycles. The average Bonchev–Trinajstić information content (AvgIpc) is 2.72. The molecule has 4 nitrogen and oxygen atoms in total. The minimum Gasteiger partial charge on any atom is -0.268 e. The third kappa shape index (κ3) is 1.80. The largest absolute Gasteiger partial charge is 0.268 e. The van der Waals surface area contributed by atoms with Crippen molar-refractivity contribution >= 4 is 29.2 Å². The maximum atomic E-state index is 12.3. The maximum absolute atomic E-state index is 12.3. The predicted octanol–water partition coefficient (Wildman–Crippen LogP) is 3.10. The van der Waals surface area contributed by atoms with Gasteiger partial charge in [-0.2, -0.15) is 0 Å². The van der Waals surface area contributed by atoms with Crippen molar-refractivity contribution in [2.75, 3.05) is 4.90 Å². The monoisotopic (exact) mass is 286 g/mol. The van der Waals surface area contributed by atoms with Crippen molar-refractivity contribution in [3.63, 3.8) is 0 Å². The fourth-order valence-corrected chi connectivity index (χ4v) is 2.48. The number of hydrogen-bond donors (Lipinski definition) is 0. The van der Waals surface area contributed by atoms with Crippen LogP contribution in [0, 0.1) is 0 Å². The standard InChI is InChI=1S/C15H11ClN2O2/c1-2-12-11(16)7-8-13(17-12)18-14(19)9-5-3-4-6-10(9)15(18)20/h3-8H,2H2,1H3. The minimum absolute atomic E-state index is 0.317. The first kappa shape index (κ1) is 12.8. The lowest BCUT2D eigenvalue weighted by atomic mass is 10.1. The third-order valence-electron chi connectivity index (χ3n) is 3.26. The van der Waals surface area contributed by atoms with Crippen LogP contribution in [0.15, 0.2) is 36.4 Å². The van der Waals surface area contributed by atoms with Crippen molar-refractivity contribution < 1.29 is 9.59 Å². The van der Waals surface area contributed by atoms with Gasteiger partial charge in [0, 0.05) is 0 Å². The summed E-state index contributed by atoms with van der Waals surface area (Å²) in [4.78, 5) is 30.1. The summed E-state index contributed by atoms with van der Waals surface area (Å²) in [6, 6.07) is 10.0. The molecule has 0 aliphatic carbocycles. The first-order valence-corrected chi connectivity index (χ1v) is 6.64. The van der Waals surface area contributed by atoms with Crippen molar-refractivity contribution in [3.8, 4) is 0 Å². The topological polar surface area (TPSA) is 50.3 Å². The predicted molar refractivity (Wildman–Crippen MR) is 76.2 cm³/mol. The van der Waals surface area contributed by atoms with Crippen LogP contribution in [0.5, 0.6) is 0 Å². The molecule has 0 saturated heterocycles. The van der Waals surface area contributed by atoms with E-state index in [2.05, 4.69) is 4.98 Å². The average molecular weight is 287 g/mol. The molecule has 1 aliphatic rings. The fourth-order valence-electron chi connectivity index (χ4n) is 2.24. The Morgan fingerprint density at radius 2 is 1.65 bits per heavy atom. The van der Waals surface area contributed by atoms with Crippen molar-refractivity contribution in [1.82, 2.24) is 4.98 Å². The molecule has 0 bridgehead atoms. The van der Waals surface area contributed by atoms with E-state index in [1.165, 1.54) is 0 Å². The van der Waals surface area contributed by atoms with E-state index >= 15 is 0 Å². The van der Waals surface area contributed by atoms with E-state index in [-0.39, 0.29) is 11.8 Å². The number of nitrogens with zero attached hydrogens (tertiary/aromatic N) is 2. The lowest BCUT2D eigenvalue weighted by Gasteiger charge is -2.14. The van der Waals surface area contributed by atoms with Crippen LogP contribution in [0.4, 0.5) is 5.82 Å². The lowest BCUT2D eigenvalue weighted by molar-refractivity contribution is 0.0925. The lowest BCUT2D eigenvalue weighted by Crippen LogP contribution is -2.30. The Balaban J connectivity index is 2.09. The molecular formula is C15H11ClN2O2. The summed E-state index contributed by atoms with van der Waals surface area (Å²) in [6.07, 6.45) is 0.635. The SMILES string of the molecule is CCc1nc(N2C(=O)c3ccccc3C2=O)ccc1Cl. The van der Waals surface area contributed by atoms with E-state index in [4.69, 9.17) is 11.6 Å². The van der Waals surface area contributed by atoms with Gasteiger partial charge in [0.15, 0.2) is 0 Å². The number of carbonyl (C=O) groups is 2. The molecule has 20 heavy (non-hydrogen) atoms.